The fourth-order valence-corrected chi connectivity index (χ4v) is 4.03. The van der Waals surface area contributed by atoms with Crippen LogP contribution in [0, 0.1) is 0 Å². The van der Waals surface area contributed by atoms with Crippen molar-refractivity contribution in [2.45, 2.75) is 25.9 Å². The largest absolute Gasteiger partial charge is 0.465 e. The van der Waals surface area contributed by atoms with E-state index in [9.17, 15) is 14.7 Å². The average Bonchev–Trinajstić information content (AvgIpc) is 2.60. The molecule has 0 saturated carbocycles. The molecule has 8 nitrogen and oxygen atoms in total. The summed E-state index contributed by atoms with van der Waals surface area (Å²) in [4.78, 5) is 31.5. The van der Waals surface area contributed by atoms with Crippen molar-refractivity contribution in [3.63, 3.8) is 0 Å². The predicted molar refractivity (Wildman–Crippen MR) is 108 cm³/mol. The Morgan fingerprint density at radius 3 is 2.52 bits per heavy atom. The number of nitrogens with one attached hydrogen (secondary N) is 1. The number of hydrogen-bond acceptors (Lipinski definition) is 5. The Morgan fingerprint density at radius 1 is 1.30 bits per heavy atom. The Labute approximate surface area is 165 Å². The third kappa shape index (κ3) is 4.08. The maximum absolute atomic E-state index is 12.2. The first-order valence-corrected chi connectivity index (χ1v) is 9.41. The van der Waals surface area contributed by atoms with E-state index in [4.69, 9.17) is 0 Å². The van der Waals surface area contributed by atoms with Gasteiger partial charge in [-0.1, -0.05) is 0 Å². The minimum atomic E-state index is -0.887. The van der Waals surface area contributed by atoms with Crippen LogP contribution in [0.15, 0.2) is 39.9 Å². The molecule has 0 unspecified atom stereocenters. The molecule has 0 radical (unpaired) electrons. The number of pyridine rings is 2. The molecule has 9 heteroatoms. The summed E-state index contributed by atoms with van der Waals surface area (Å²) in [7, 11) is 1.69. The molecule has 1 aliphatic heterocycles. The van der Waals surface area contributed by atoms with Crippen LogP contribution in [0.3, 0.4) is 0 Å². The number of halogens is 1. The van der Waals surface area contributed by atoms with E-state index < -0.39 is 6.09 Å². The normalized spacial score (nSPS) is 19.9. The van der Waals surface area contributed by atoms with Crippen LogP contribution in [-0.2, 0) is 7.05 Å². The number of amides is 1. The van der Waals surface area contributed by atoms with E-state index in [1.165, 1.54) is 9.47 Å². The molecule has 1 amide bonds. The maximum Gasteiger partial charge on any atom is 0.407 e. The second-order valence-corrected chi connectivity index (χ2v) is 7.72. The minimum Gasteiger partial charge on any atom is -0.465 e. The number of nitrogens with zero attached hydrogens (tertiary/aromatic N) is 4. The van der Waals surface area contributed by atoms with E-state index in [1.54, 1.807) is 25.5 Å². The van der Waals surface area contributed by atoms with Crippen LogP contribution in [-0.4, -0.2) is 50.8 Å². The molecule has 1 saturated heterocycles. The van der Waals surface area contributed by atoms with Gasteiger partial charge in [0, 0.05) is 42.9 Å². The average molecular weight is 436 g/mol. The van der Waals surface area contributed by atoms with Crippen molar-refractivity contribution in [1.82, 2.24) is 14.5 Å². The Morgan fingerprint density at radius 2 is 1.96 bits per heavy atom. The topological polar surface area (TPSA) is 90.7 Å². The molecular weight excluding hydrogens is 414 g/mol. The van der Waals surface area contributed by atoms with Crippen LogP contribution >= 0.6 is 15.9 Å². The lowest BCUT2D eigenvalue weighted by Gasteiger charge is -2.44. The third-order valence-electron chi connectivity index (χ3n) is 4.65. The van der Waals surface area contributed by atoms with Gasteiger partial charge in [0.05, 0.1) is 11.9 Å². The summed E-state index contributed by atoms with van der Waals surface area (Å²) in [5.74, 6) is 0.568. The number of aryl methyl sites for hydroxylation is 1. The first-order chi connectivity index (χ1) is 12.8. The van der Waals surface area contributed by atoms with Gasteiger partial charge in [0.15, 0.2) is 0 Å². The van der Waals surface area contributed by atoms with E-state index in [2.05, 4.69) is 31.1 Å². The molecule has 1 aliphatic rings. The Hall–Kier alpha value is -2.55. The van der Waals surface area contributed by atoms with Crippen LogP contribution in [0.2, 0.25) is 0 Å². The molecule has 2 aromatic rings. The van der Waals surface area contributed by atoms with Gasteiger partial charge < -0.3 is 24.8 Å². The van der Waals surface area contributed by atoms with Crippen LogP contribution in [0.5, 0.6) is 0 Å². The highest BCUT2D eigenvalue weighted by Crippen LogP contribution is 2.25. The van der Waals surface area contributed by atoms with Gasteiger partial charge in [-0.3, -0.25) is 4.79 Å². The van der Waals surface area contributed by atoms with Crippen molar-refractivity contribution in [1.29, 1.82) is 0 Å². The number of carboxylic acid groups (broad SMARTS) is 1. The number of hydrogen-bond donors (Lipinski definition) is 2. The van der Waals surface area contributed by atoms with E-state index in [-0.39, 0.29) is 17.6 Å². The molecule has 2 aromatic heterocycles. The van der Waals surface area contributed by atoms with Crippen molar-refractivity contribution < 1.29 is 9.90 Å². The van der Waals surface area contributed by atoms with E-state index in [0.29, 0.717) is 24.6 Å². The maximum atomic E-state index is 12.2. The van der Waals surface area contributed by atoms with Gasteiger partial charge in [0.2, 0.25) is 0 Å². The van der Waals surface area contributed by atoms with Crippen molar-refractivity contribution in [2.75, 3.05) is 23.3 Å². The molecule has 0 aliphatic carbocycles. The summed E-state index contributed by atoms with van der Waals surface area (Å²) in [6, 6.07) is 5.55. The number of anilines is 3. The Bertz CT molecular complexity index is 887. The highest BCUT2D eigenvalue weighted by Gasteiger charge is 2.31. The predicted octanol–water partition coefficient (Wildman–Crippen LogP) is 2.86. The molecule has 2 atom stereocenters. The molecule has 0 bridgehead atoms. The van der Waals surface area contributed by atoms with Gasteiger partial charge in [-0.05, 0) is 48.0 Å². The second kappa shape index (κ2) is 7.59. The minimum absolute atomic E-state index is 0.0443. The Balaban J connectivity index is 1.78. The van der Waals surface area contributed by atoms with E-state index in [0.717, 1.165) is 10.2 Å². The fourth-order valence-electron chi connectivity index (χ4n) is 3.50. The number of piperazine rings is 1. The number of rotatable bonds is 3. The molecule has 2 N–H and O–H groups in total. The van der Waals surface area contributed by atoms with Gasteiger partial charge in [0.25, 0.3) is 5.56 Å². The van der Waals surface area contributed by atoms with Crippen LogP contribution in [0.1, 0.15) is 13.8 Å². The van der Waals surface area contributed by atoms with Crippen molar-refractivity contribution in [2.24, 2.45) is 7.05 Å². The lowest BCUT2D eigenvalue weighted by Crippen LogP contribution is -2.58. The zero-order valence-electron chi connectivity index (χ0n) is 15.4. The molecule has 1 fully saturated rings. The van der Waals surface area contributed by atoms with Gasteiger partial charge in [0.1, 0.15) is 11.5 Å². The molecule has 3 rings (SSSR count). The molecule has 144 valence electrons. The fraction of sp³-hybridized carbons (Fsp3) is 0.389. The van der Waals surface area contributed by atoms with Gasteiger partial charge >= 0.3 is 6.09 Å². The summed E-state index contributed by atoms with van der Waals surface area (Å²) in [6.07, 6.45) is 2.55. The number of aromatic nitrogens is 2. The molecule has 27 heavy (non-hydrogen) atoms. The first kappa shape index (κ1) is 19.2. The van der Waals surface area contributed by atoms with Crippen molar-refractivity contribution in [3.05, 3.63) is 45.4 Å². The van der Waals surface area contributed by atoms with Crippen LogP contribution < -0.4 is 15.8 Å². The second-order valence-electron chi connectivity index (χ2n) is 6.81. The SMILES string of the molecule is C[C@H]1CN(C(=O)O)C[C@H](C)N1c1ccc(Nc2cc(Br)cn(C)c2=O)nc1. The summed E-state index contributed by atoms with van der Waals surface area (Å²) in [5.41, 5.74) is 1.22. The number of carbonyl (C=O) groups is 1. The van der Waals surface area contributed by atoms with Crippen LogP contribution in [0.4, 0.5) is 22.0 Å². The highest BCUT2D eigenvalue weighted by atomic mass is 79.9. The van der Waals surface area contributed by atoms with Crippen molar-refractivity contribution in [3.8, 4) is 0 Å². The highest BCUT2D eigenvalue weighted by molar-refractivity contribution is 9.10. The summed E-state index contributed by atoms with van der Waals surface area (Å²) in [5, 5.41) is 12.3. The standard InChI is InChI=1S/C18H22BrN5O3/c1-11-8-23(18(26)27)9-12(2)24(11)14-4-5-16(20-7-14)21-15-6-13(19)10-22(3)17(15)25/h4-7,10-12H,8-9H2,1-3H3,(H,20,21)(H,26,27)/t11-,12-/m0/s1. The van der Waals surface area contributed by atoms with Gasteiger partial charge in [-0.2, -0.15) is 0 Å². The summed E-state index contributed by atoms with van der Waals surface area (Å²) < 4.78 is 2.29. The first-order valence-electron chi connectivity index (χ1n) is 8.61. The van der Waals surface area contributed by atoms with Gasteiger partial charge in [-0.25, -0.2) is 9.78 Å². The molecule has 3 heterocycles. The molecule has 0 aromatic carbocycles. The third-order valence-corrected chi connectivity index (χ3v) is 5.08. The molecule has 0 spiro atoms. The van der Waals surface area contributed by atoms with E-state index in [1.807, 2.05) is 26.0 Å². The quantitative estimate of drug-likeness (QED) is 0.769. The smallest absolute Gasteiger partial charge is 0.407 e. The molecular formula is C18H22BrN5O3. The lowest BCUT2D eigenvalue weighted by molar-refractivity contribution is 0.128. The van der Waals surface area contributed by atoms with E-state index >= 15 is 0 Å². The zero-order chi connectivity index (χ0) is 19.7. The lowest BCUT2D eigenvalue weighted by atomic mass is 10.1. The van der Waals surface area contributed by atoms with Crippen molar-refractivity contribution >= 4 is 39.2 Å². The van der Waals surface area contributed by atoms with Crippen LogP contribution in [0.25, 0.3) is 0 Å². The Kier molecular flexibility index (Phi) is 5.41. The van der Waals surface area contributed by atoms with Gasteiger partial charge in [-0.15, -0.1) is 0 Å². The summed E-state index contributed by atoms with van der Waals surface area (Å²) in [6.45, 7) is 4.91. The summed E-state index contributed by atoms with van der Waals surface area (Å²) >= 11 is 3.38. The zero-order valence-corrected chi connectivity index (χ0v) is 17.0. The monoisotopic (exact) mass is 435 g/mol.